The smallest absolute Gasteiger partial charge is 0.0581 e. The molecule has 1 atom stereocenters. The van der Waals surface area contributed by atoms with E-state index in [2.05, 4.69) is 22.9 Å². The van der Waals surface area contributed by atoms with Gasteiger partial charge in [0.05, 0.1) is 6.10 Å². The van der Waals surface area contributed by atoms with Crippen molar-refractivity contribution in [1.29, 1.82) is 0 Å². The monoisotopic (exact) mass is 304 g/mol. The van der Waals surface area contributed by atoms with Gasteiger partial charge in [-0.15, -0.1) is 0 Å². The Morgan fingerprint density at radius 1 is 1.38 bits per heavy atom. The van der Waals surface area contributed by atoms with Gasteiger partial charge in [0.25, 0.3) is 0 Å². The quantitative estimate of drug-likeness (QED) is 0.762. The molecule has 1 N–H and O–H groups in total. The highest BCUT2D eigenvalue weighted by molar-refractivity contribution is 9.10. The first kappa shape index (κ1) is 14.0. The minimum Gasteiger partial charge on any atom is -0.393 e. The van der Waals surface area contributed by atoms with Gasteiger partial charge in [-0.1, -0.05) is 59.8 Å². The molecule has 0 bridgehead atoms. The van der Waals surface area contributed by atoms with Crippen molar-refractivity contribution in [3.8, 4) is 0 Å². The van der Waals surface area contributed by atoms with Gasteiger partial charge in [0, 0.05) is 9.50 Å². The molecular formula is C13H18BrClO. The van der Waals surface area contributed by atoms with E-state index < -0.39 is 0 Å². The van der Waals surface area contributed by atoms with Gasteiger partial charge in [0.2, 0.25) is 0 Å². The van der Waals surface area contributed by atoms with Crippen LogP contribution in [0.3, 0.4) is 0 Å². The first-order valence-electron chi connectivity index (χ1n) is 5.75. The summed E-state index contributed by atoms with van der Waals surface area (Å²) in [5, 5.41) is 10.6. The molecule has 0 amide bonds. The van der Waals surface area contributed by atoms with Crippen LogP contribution in [-0.4, -0.2) is 11.2 Å². The van der Waals surface area contributed by atoms with Gasteiger partial charge in [-0.2, -0.15) is 0 Å². The molecule has 1 aromatic carbocycles. The number of hydrogen-bond acceptors (Lipinski definition) is 1. The largest absolute Gasteiger partial charge is 0.393 e. The Labute approximate surface area is 111 Å². The van der Waals surface area contributed by atoms with Crippen LogP contribution >= 0.6 is 27.5 Å². The third-order valence-corrected chi connectivity index (χ3v) is 3.46. The molecular weight excluding hydrogens is 287 g/mol. The van der Waals surface area contributed by atoms with E-state index in [0.29, 0.717) is 6.42 Å². The maximum atomic E-state index is 9.85. The topological polar surface area (TPSA) is 20.2 Å². The lowest BCUT2D eigenvalue weighted by Crippen LogP contribution is -2.10. The van der Waals surface area contributed by atoms with Crippen molar-refractivity contribution >= 4 is 27.5 Å². The molecule has 3 heteroatoms. The minimum atomic E-state index is -0.273. The summed E-state index contributed by atoms with van der Waals surface area (Å²) in [4.78, 5) is 0. The molecule has 0 spiro atoms. The zero-order valence-electron chi connectivity index (χ0n) is 9.55. The molecule has 0 aromatic heterocycles. The van der Waals surface area contributed by atoms with Crippen molar-refractivity contribution in [3.63, 3.8) is 0 Å². The molecule has 1 unspecified atom stereocenters. The zero-order chi connectivity index (χ0) is 12.0. The fourth-order valence-corrected chi connectivity index (χ4v) is 2.42. The number of halogens is 2. The summed E-state index contributed by atoms with van der Waals surface area (Å²) in [7, 11) is 0. The lowest BCUT2D eigenvalue weighted by molar-refractivity contribution is 0.161. The molecule has 0 aliphatic heterocycles. The lowest BCUT2D eigenvalue weighted by Gasteiger charge is -2.11. The van der Waals surface area contributed by atoms with Crippen molar-refractivity contribution < 1.29 is 5.11 Å². The molecule has 0 aliphatic carbocycles. The second-order valence-corrected chi connectivity index (χ2v) is 5.41. The van der Waals surface area contributed by atoms with Crippen molar-refractivity contribution in [2.75, 3.05) is 0 Å². The molecule has 1 nitrogen and oxygen atoms in total. The van der Waals surface area contributed by atoms with Crippen LogP contribution in [0.5, 0.6) is 0 Å². The molecule has 0 saturated heterocycles. The average Bonchev–Trinajstić information content (AvgIpc) is 2.23. The molecule has 0 saturated carbocycles. The van der Waals surface area contributed by atoms with Crippen molar-refractivity contribution in [1.82, 2.24) is 0 Å². The van der Waals surface area contributed by atoms with Crippen molar-refractivity contribution in [2.45, 2.75) is 45.1 Å². The Morgan fingerprint density at radius 3 is 2.75 bits per heavy atom. The summed E-state index contributed by atoms with van der Waals surface area (Å²) >= 11 is 9.46. The summed E-state index contributed by atoms with van der Waals surface area (Å²) in [6.07, 6.45) is 4.70. The van der Waals surface area contributed by atoms with E-state index in [0.717, 1.165) is 27.9 Å². The molecule has 0 heterocycles. The highest BCUT2D eigenvalue weighted by Crippen LogP contribution is 2.23. The number of unbranched alkanes of at least 4 members (excludes halogenated alkanes) is 2. The van der Waals surface area contributed by atoms with E-state index in [9.17, 15) is 5.11 Å². The van der Waals surface area contributed by atoms with Crippen LogP contribution in [0.1, 0.15) is 38.2 Å². The summed E-state index contributed by atoms with van der Waals surface area (Å²) in [5.74, 6) is 0. The van der Waals surface area contributed by atoms with E-state index in [1.165, 1.54) is 12.8 Å². The average molecular weight is 306 g/mol. The van der Waals surface area contributed by atoms with Crippen LogP contribution in [0.4, 0.5) is 0 Å². The maximum Gasteiger partial charge on any atom is 0.0581 e. The third kappa shape index (κ3) is 4.86. The second kappa shape index (κ2) is 7.31. The van der Waals surface area contributed by atoms with Crippen LogP contribution < -0.4 is 0 Å². The Hall–Kier alpha value is -0.0500. The standard InChI is InChI=1S/C13H18BrClO/c1-2-3-4-5-12(16)8-10-6-7-11(14)9-13(10)15/h6-7,9,12,16H,2-5,8H2,1H3. The molecule has 1 rings (SSSR count). The molecule has 90 valence electrons. The highest BCUT2D eigenvalue weighted by atomic mass is 79.9. The van der Waals surface area contributed by atoms with Gasteiger partial charge in [-0.05, 0) is 30.5 Å². The van der Waals surface area contributed by atoms with E-state index >= 15 is 0 Å². The Bertz CT molecular complexity index is 328. The molecule has 0 aliphatic rings. The van der Waals surface area contributed by atoms with Crippen LogP contribution in [0.25, 0.3) is 0 Å². The van der Waals surface area contributed by atoms with Crippen LogP contribution in [0.2, 0.25) is 5.02 Å². The number of aliphatic hydroxyl groups is 1. The highest BCUT2D eigenvalue weighted by Gasteiger charge is 2.08. The first-order chi connectivity index (χ1) is 7.63. The van der Waals surface area contributed by atoms with Gasteiger partial charge < -0.3 is 5.11 Å². The normalized spacial score (nSPS) is 12.8. The Balaban J connectivity index is 2.46. The SMILES string of the molecule is CCCCCC(O)Cc1ccc(Br)cc1Cl. The molecule has 1 aromatic rings. The maximum absolute atomic E-state index is 9.85. The van der Waals surface area contributed by atoms with Gasteiger partial charge in [-0.25, -0.2) is 0 Å². The Kier molecular flexibility index (Phi) is 6.40. The predicted molar refractivity (Wildman–Crippen MR) is 73.0 cm³/mol. The summed E-state index contributed by atoms with van der Waals surface area (Å²) in [6.45, 7) is 2.16. The molecule has 0 fully saturated rings. The number of rotatable bonds is 6. The summed E-state index contributed by atoms with van der Waals surface area (Å²) in [6, 6.07) is 5.80. The van der Waals surface area contributed by atoms with Gasteiger partial charge in [0.15, 0.2) is 0 Å². The fraction of sp³-hybridized carbons (Fsp3) is 0.538. The summed E-state index contributed by atoms with van der Waals surface area (Å²) in [5.41, 5.74) is 1.02. The van der Waals surface area contributed by atoms with E-state index in [-0.39, 0.29) is 6.10 Å². The van der Waals surface area contributed by atoms with Gasteiger partial charge >= 0.3 is 0 Å². The van der Waals surface area contributed by atoms with E-state index in [4.69, 9.17) is 11.6 Å². The van der Waals surface area contributed by atoms with E-state index in [1.807, 2.05) is 18.2 Å². The number of hydrogen-bond donors (Lipinski definition) is 1. The third-order valence-electron chi connectivity index (χ3n) is 2.61. The van der Waals surface area contributed by atoms with Gasteiger partial charge in [-0.3, -0.25) is 0 Å². The number of benzene rings is 1. The second-order valence-electron chi connectivity index (χ2n) is 4.09. The van der Waals surface area contributed by atoms with Crippen LogP contribution in [0.15, 0.2) is 22.7 Å². The van der Waals surface area contributed by atoms with Gasteiger partial charge in [0.1, 0.15) is 0 Å². The molecule has 0 radical (unpaired) electrons. The minimum absolute atomic E-state index is 0.273. The fourth-order valence-electron chi connectivity index (χ4n) is 1.67. The Morgan fingerprint density at radius 2 is 2.12 bits per heavy atom. The van der Waals surface area contributed by atoms with Crippen LogP contribution in [0, 0.1) is 0 Å². The van der Waals surface area contributed by atoms with Crippen molar-refractivity contribution in [3.05, 3.63) is 33.3 Å². The summed E-state index contributed by atoms with van der Waals surface area (Å²) < 4.78 is 0.974. The first-order valence-corrected chi connectivity index (χ1v) is 6.92. The zero-order valence-corrected chi connectivity index (χ0v) is 11.9. The lowest BCUT2D eigenvalue weighted by atomic mass is 10.0. The van der Waals surface area contributed by atoms with Crippen LogP contribution in [-0.2, 0) is 6.42 Å². The molecule has 16 heavy (non-hydrogen) atoms. The number of aliphatic hydroxyl groups excluding tert-OH is 1. The predicted octanol–water partition coefficient (Wildman–Crippen LogP) is 4.59. The van der Waals surface area contributed by atoms with Crippen molar-refractivity contribution in [2.24, 2.45) is 0 Å². The van der Waals surface area contributed by atoms with E-state index in [1.54, 1.807) is 0 Å².